The Morgan fingerprint density at radius 3 is 2.48 bits per heavy atom. The summed E-state index contributed by atoms with van der Waals surface area (Å²) < 4.78 is 5.52. The Morgan fingerprint density at radius 2 is 1.91 bits per heavy atom. The van der Waals surface area contributed by atoms with E-state index in [2.05, 4.69) is 50.1 Å². The minimum Gasteiger partial charge on any atom is -0.496 e. The summed E-state index contributed by atoms with van der Waals surface area (Å²) in [4.78, 5) is 2.30. The summed E-state index contributed by atoms with van der Waals surface area (Å²) in [5.74, 6) is 0.879. The normalized spacial score (nSPS) is 11.9. The van der Waals surface area contributed by atoms with Crippen molar-refractivity contribution in [2.45, 2.75) is 13.8 Å². The Hall–Kier alpha value is -2.48. The van der Waals surface area contributed by atoms with Crippen LogP contribution in [0.5, 0.6) is 5.75 Å². The molecule has 1 aromatic rings. The van der Waals surface area contributed by atoms with Crippen molar-refractivity contribution < 1.29 is 4.74 Å². The molecule has 0 aliphatic heterocycles. The van der Waals surface area contributed by atoms with E-state index in [1.807, 2.05) is 30.4 Å². The summed E-state index contributed by atoms with van der Waals surface area (Å²) in [6.45, 7) is 13.7. The lowest BCUT2D eigenvalue weighted by Crippen LogP contribution is -2.21. The first-order valence-electron chi connectivity index (χ1n) is 7.93. The van der Waals surface area contributed by atoms with Gasteiger partial charge in [-0.15, -0.1) is 0 Å². The minimum atomic E-state index is 0.879. The Labute approximate surface area is 140 Å². The molecule has 1 aromatic carbocycles. The van der Waals surface area contributed by atoms with Crippen molar-refractivity contribution in [2.24, 2.45) is 0 Å². The van der Waals surface area contributed by atoms with Gasteiger partial charge in [-0.25, -0.2) is 0 Å². The first kappa shape index (κ1) is 18.6. The third kappa shape index (κ3) is 5.67. The third-order valence-corrected chi connectivity index (χ3v) is 3.57. The Balaban J connectivity index is 2.94. The number of benzene rings is 1. The molecule has 2 nitrogen and oxygen atoms in total. The molecule has 0 saturated carbocycles. The number of ether oxygens (including phenoxy) is 1. The van der Waals surface area contributed by atoms with Crippen LogP contribution in [0.25, 0.3) is 6.08 Å². The van der Waals surface area contributed by atoms with Gasteiger partial charge in [-0.2, -0.15) is 0 Å². The molecule has 122 valence electrons. The second-order valence-corrected chi connectivity index (χ2v) is 4.92. The minimum absolute atomic E-state index is 0.879. The van der Waals surface area contributed by atoms with Crippen molar-refractivity contribution in [1.29, 1.82) is 0 Å². The van der Waals surface area contributed by atoms with E-state index in [1.54, 1.807) is 19.3 Å². The molecular formula is C21H27NO. The molecule has 2 heteroatoms. The maximum absolute atomic E-state index is 5.52. The summed E-state index contributed by atoms with van der Waals surface area (Å²) in [6, 6.07) is 6.31. The van der Waals surface area contributed by atoms with Gasteiger partial charge in [-0.3, -0.25) is 0 Å². The van der Waals surface area contributed by atoms with Crippen molar-refractivity contribution in [1.82, 2.24) is 0 Å². The number of rotatable bonds is 9. The summed E-state index contributed by atoms with van der Waals surface area (Å²) in [5.41, 5.74) is 3.26. The zero-order valence-electron chi connectivity index (χ0n) is 14.5. The monoisotopic (exact) mass is 309 g/mol. The molecule has 0 saturated heterocycles. The SMILES string of the molecule is C=C/C=C(C=C)/C=C/C=C/c1ccc(N(CC)CC)cc1OC. The average Bonchev–Trinajstić information content (AvgIpc) is 2.59. The van der Waals surface area contributed by atoms with Crippen LogP contribution >= 0.6 is 0 Å². The highest BCUT2D eigenvalue weighted by Gasteiger charge is 2.06. The van der Waals surface area contributed by atoms with Gasteiger partial charge in [0.2, 0.25) is 0 Å². The molecule has 23 heavy (non-hydrogen) atoms. The molecule has 0 N–H and O–H groups in total. The number of anilines is 1. The number of hydrogen-bond acceptors (Lipinski definition) is 2. The Kier molecular flexibility index (Phi) is 8.30. The molecule has 1 rings (SSSR count). The largest absolute Gasteiger partial charge is 0.496 e. The second kappa shape index (κ2) is 10.3. The van der Waals surface area contributed by atoms with Crippen LogP contribution in [-0.2, 0) is 0 Å². The molecule has 0 unspecified atom stereocenters. The zero-order valence-corrected chi connectivity index (χ0v) is 14.5. The maximum Gasteiger partial charge on any atom is 0.128 e. The Bertz CT molecular complexity index is 604. The quantitative estimate of drug-likeness (QED) is 0.566. The molecule has 0 aliphatic rings. The van der Waals surface area contributed by atoms with Gasteiger partial charge in [-0.05, 0) is 31.6 Å². The van der Waals surface area contributed by atoms with E-state index in [4.69, 9.17) is 4.74 Å². The number of allylic oxidation sites excluding steroid dienone is 7. The van der Waals surface area contributed by atoms with Crippen molar-refractivity contribution >= 4 is 11.8 Å². The fourth-order valence-corrected chi connectivity index (χ4v) is 2.28. The summed E-state index contributed by atoms with van der Waals surface area (Å²) in [7, 11) is 1.71. The van der Waals surface area contributed by atoms with Gasteiger partial charge < -0.3 is 9.64 Å². The van der Waals surface area contributed by atoms with Gasteiger partial charge in [0.15, 0.2) is 0 Å². The van der Waals surface area contributed by atoms with Crippen LogP contribution in [0.15, 0.2) is 73.4 Å². The van der Waals surface area contributed by atoms with Crippen molar-refractivity contribution in [2.75, 3.05) is 25.1 Å². The topological polar surface area (TPSA) is 12.5 Å². The van der Waals surface area contributed by atoms with Gasteiger partial charge in [0.05, 0.1) is 7.11 Å². The van der Waals surface area contributed by atoms with Crippen LogP contribution in [-0.4, -0.2) is 20.2 Å². The van der Waals surface area contributed by atoms with Crippen LogP contribution < -0.4 is 9.64 Å². The fourth-order valence-electron chi connectivity index (χ4n) is 2.28. The van der Waals surface area contributed by atoms with Gasteiger partial charge in [0, 0.05) is 30.4 Å². The second-order valence-electron chi connectivity index (χ2n) is 4.92. The van der Waals surface area contributed by atoms with Crippen LogP contribution in [0.4, 0.5) is 5.69 Å². The van der Waals surface area contributed by atoms with Gasteiger partial charge in [-0.1, -0.05) is 55.7 Å². The van der Waals surface area contributed by atoms with Crippen molar-refractivity contribution in [3.8, 4) is 5.75 Å². The van der Waals surface area contributed by atoms with Crippen LogP contribution in [0.3, 0.4) is 0 Å². The summed E-state index contributed by atoms with van der Waals surface area (Å²) in [6.07, 6.45) is 13.5. The van der Waals surface area contributed by atoms with Gasteiger partial charge in [0.25, 0.3) is 0 Å². The lowest BCUT2D eigenvalue weighted by molar-refractivity contribution is 0.414. The zero-order chi connectivity index (χ0) is 17.1. The average molecular weight is 309 g/mol. The first-order chi connectivity index (χ1) is 11.2. The van der Waals surface area contributed by atoms with E-state index >= 15 is 0 Å². The van der Waals surface area contributed by atoms with Crippen LogP contribution in [0.1, 0.15) is 19.4 Å². The molecule has 0 fully saturated rings. The number of nitrogens with zero attached hydrogens (tertiary/aromatic N) is 1. The smallest absolute Gasteiger partial charge is 0.128 e. The van der Waals surface area contributed by atoms with E-state index in [-0.39, 0.29) is 0 Å². The molecule has 0 bridgehead atoms. The lowest BCUT2D eigenvalue weighted by Gasteiger charge is -2.22. The molecule has 0 amide bonds. The number of methoxy groups -OCH3 is 1. The predicted octanol–water partition coefficient (Wildman–Crippen LogP) is 5.41. The molecular weight excluding hydrogens is 282 g/mol. The standard InChI is InChI=1S/C21H27NO/c1-6-12-18(7-2)13-10-11-14-19-15-16-20(17-21(19)23-5)22(8-3)9-4/h6-7,10-17H,1-2,8-9H2,3-5H3/b13-10+,14-11+,18-12+. The maximum atomic E-state index is 5.52. The summed E-state index contributed by atoms with van der Waals surface area (Å²) >= 11 is 0. The van der Waals surface area contributed by atoms with Crippen molar-refractivity contribution in [3.63, 3.8) is 0 Å². The van der Waals surface area contributed by atoms with Crippen LogP contribution in [0.2, 0.25) is 0 Å². The Morgan fingerprint density at radius 1 is 1.17 bits per heavy atom. The molecule has 0 radical (unpaired) electrons. The van der Waals surface area contributed by atoms with Crippen molar-refractivity contribution in [3.05, 3.63) is 78.9 Å². The highest BCUT2D eigenvalue weighted by Crippen LogP contribution is 2.26. The fraction of sp³-hybridized carbons (Fsp3) is 0.238. The highest BCUT2D eigenvalue weighted by molar-refractivity contribution is 5.64. The molecule has 0 heterocycles. The van der Waals surface area contributed by atoms with E-state index in [0.717, 1.165) is 30.0 Å². The predicted molar refractivity (Wildman–Crippen MR) is 103 cm³/mol. The molecule has 0 atom stereocenters. The van der Waals surface area contributed by atoms with E-state index in [0.29, 0.717) is 0 Å². The lowest BCUT2D eigenvalue weighted by atomic mass is 10.1. The third-order valence-electron chi connectivity index (χ3n) is 3.57. The summed E-state index contributed by atoms with van der Waals surface area (Å²) in [5, 5.41) is 0. The first-order valence-corrected chi connectivity index (χ1v) is 7.93. The van der Waals surface area contributed by atoms with Crippen LogP contribution in [0, 0.1) is 0 Å². The molecule has 0 aromatic heterocycles. The van der Waals surface area contributed by atoms with Gasteiger partial charge >= 0.3 is 0 Å². The van der Waals surface area contributed by atoms with E-state index < -0.39 is 0 Å². The highest BCUT2D eigenvalue weighted by atomic mass is 16.5. The number of hydrogen-bond donors (Lipinski definition) is 0. The van der Waals surface area contributed by atoms with Gasteiger partial charge in [0.1, 0.15) is 5.75 Å². The van der Waals surface area contributed by atoms with E-state index in [9.17, 15) is 0 Å². The molecule has 0 aliphatic carbocycles. The molecule has 0 spiro atoms. The van der Waals surface area contributed by atoms with E-state index in [1.165, 1.54) is 5.69 Å².